The lowest BCUT2D eigenvalue weighted by Crippen LogP contribution is -2.49. The van der Waals surface area contributed by atoms with Crippen molar-refractivity contribution < 1.29 is 14.3 Å². The maximum atomic E-state index is 12.0. The average Bonchev–Trinajstić information content (AvgIpc) is 2.55. The fourth-order valence-electron chi connectivity index (χ4n) is 2.58. The van der Waals surface area contributed by atoms with Crippen LogP contribution >= 0.6 is 11.6 Å². The average molecular weight is 380 g/mol. The third-order valence-electron chi connectivity index (χ3n) is 3.86. The minimum atomic E-state index is -0.500. The SMILES string of the molecule is CC(C)(C)OC(=O)N1CCC(NC(=O)N/C=C/c2ccccc2Cl)CC1. The smallest absolute Gasteiger partial charge is 0.410 e. The highest BCUT2D eigenvalue weighted by Gasteiger charge is 2.27. The summed E-state index contributed by atoms with van der Waals surface area (Å²) in [7, 11) is 0. The molecule has 1 fully saturated rings. The monoisotopic (exact) mass is 379 g/mol. The van der Waals surface area contributed by atoms with E-state index in [0.717, 1.165) is 5.56 Å². The molecule has 26 heavy (non-hydrogen) atoms. The fourth-order valence-corrected chi connectivity index (χ4v) is 2.78. The lowest BCUT2D eigenvalue weighted by molar-refractivity contribution is 0.0201. The van der Waals surface area contributed by atoms with E-state index in [2.05, 4.69) is 10.6 Å². The maximum Gasteiger partial charge on any atom is 0.410 e. The molecular formula is C19H26ClN3O3. The second kappa shape index (κ2) is 8.94. The van der Waals surface area contributed by atoms with E-state index >= 15 is 0 Å². The van der Waals surface area contributed by atoms with Gasteiger partial charge in [0.1, 0.15) is 5.60 Å². The molecule has 3 amide bonds. The first kappa shape index (κ1) is 20.1. The molecule has 0 saturated carbocycles. The Kier molecular flexibility index (Phi) is 6.91. The number of halogens is 1. The Morgan fingerprint density at radius 2 is 1.88 bits per heavy atom. The minimum Gasteiger partial charge on any atom is -0.444 e. The normalized spacial score (nSPS) is 15.8. The predicted octanol–water partition coefficient (Wildman–Crippen LogP) is 4.01. The van der Waals surface area contributed by atoms with Gasteiger partial charge in [-0.25, -0.2) is 9.59 Å². The Morgan fingerprint density at radius 1 is 1.23 bits per heavy atom. The summed E-state index contributed by atoms with van der Waals surface area (Å²) in [5, 5.41) is 6.22. The van der Waals surface area contributed by atoms with Crippen molar-refractivity contribution in [2.75, 3.05) is 13.1 Å². The second-order valence-electron chi connectivity index (χ2n) is 7.21. The van der Waals surface area contributed by atoms with Crippen molar-refractivity contribution in [2.24, 2.45) is 0 Å². The molecule has 1 heterocycles. The molecule has 1 saturated heterocycles. The van der Waals surface area contributed by atoms with Crippen LogP contribution in [0.25, 0.3) is 6.08 Å². The van der Waals surface area contributed by atoms with E-state index in [4.69, 9.17) is 16.3 Å². The van der Waals surface area contributed by atoms with Crippen LogP contribution < -0.4 is 10.6 Å². The van der Waals surface area contributed by atoms with Crippen LogP contribution in [0.4, 0.5) is 9.59 Å². The van der Waals surface area contributed by atoms with Crippen molar-refractivity contribution in [3.05, 3.63) is 41.1 Å². The number of hydrogen-bond acceptors (Lipinski definition) is 3. The lowest BCUT2D eigenvalue weighted by atomic mass is 10.1. The maximum absolute atomic E-state index is 12.0. The zero-order chi connectivity index (χ0) is 19.2. The molecule has 1 aliphatic heterocycles. The van der Waals surface area contributed by atoms with Gasteiger partial charge in [-0.05, 0) is 51.3 Å². The summed E-state index contributed by atoms with van der Waals surface area (Å²) in [4.78, 5) is 25.7. The lowest BCUT2D eigenvalue weighted by Gasteiger charge is -2.33. The van der Waals surface area contributed by atoms with E-state index in [0.29, 0.717) is 31.0 Å². The van der Waals surface area contributed by atoms with E-state index < -0.39 is 5.60 Å². The van der Waals surface area contributed by atoms with Gasteiger partial charge in [-0.3, -0.25) is 0 Å². The zero-order valence-electron chi connectivity index (χ0n) is 15.4. The molecule has 7 heteroatoms. The van der Waals surface area contributed by atoms with Crippen molar-refractivity contribution in [3.8, 4) is 0 Å². The predicted molar refractivity (Wildman–Crippen MR) is 103 cm³/mol. The van der Waals surface area contributed by atoms with Crippen molar-refractivity contribution in [2.45, 2.75) is 45.3 Å². The number of carbonyl (C=O) groups is 2. The Labute approximate surface area is 159 Å². The number of hydrogen-bond donors (Lipinski definition) is 2. The van der Waals surface area contributed by atoms with Gasteiger partial charge < -0.3 is 20.3 Å². The minimum absolute atomic E-state index is 0.0300. The third kappa shape index (κ3) is 6.59. The number of piperidine rings is 1. The summed E-state index contributed by atoms with van der Waals surface area (Å²) in [6.45, 7) is 6.67. The molecule has 0 atom stereocenters. The highest BCUT2D eigenvalue weighted by atomic mass is 35.5. The summed E-state index contributed by atoms with van der Waals surface area (Å²) in [6.07, 6.45) is 4.39. The number of ether oxygens (including phenoxy) is 1. The van der Waals surface area contributed by atoms with Crippen LogP contribution in [0.1, 0.15) is 39.2 Å². The molecule has 0 aliphatic carbocycles. The molecule has 0 bridgehead atoms. The summed E-state index contributed by atoms with van der Waals surface area (Å²) in [5.74, 6) is 0. The van der Waals surface area contributed by atoms with Crippen LogP contribution in [0.2, 0.25) is 5.02 Å². The molecule has 0 unspecified atom stereocenters. The summed E-state index contributed by atoms with van der Waals surface area (Å²) in [5.41, 5.74) is 0.334. The van der Waals surface area contributed by atoms with Crippen LogP contribution in [-0.4, -0.2) is 41.8 Å². The van der Waals surface area contributed by atoms with Gasteiger partial charge in [0.15, 0.2) is 0 Å². The highest BCUT2D eigenvalue weighted by Crippen LogP contribution is 2.16. The molecule has 0 spiro atoms. The number of urea groups is 1. The number of nitrogens with one attached hydrogen (secondary N) is 2. The number of amides is 3. The second-order valence-corrected chi connectivity index (χ2v) is 7.62. The van der Waals surface area contributed by atoms with Gasteiger partial charge in [0.2, 0.25) is 0 Å². The molecule has 142 valence electrons. The van der Waals surface area contributed by atoms with Crippen LogP contribution in [0.5, 0.6) is 0 Å². The number of benzene rings is 1. The van der Waals surface area contributed by atoms with E-state index in [9.17, 15) is 9.59 Å². The molecule has 6 nitrogen and oxygen atoms in total. The quantitative estimate of drug-likeness (QED) is 0.833. The van der Waals surface area contributed by atoms with E-state index in [1.165, 1.54) is 0 Å². The molecular weight excluding hydrogens is 354 g/mol. The third-order valence-corrected chi connectivity index (χ3v) is 4.21. The van der Waals surface area contributed by atoms with Crippen LogP contribution in [-0.2, 0) is 4.74 Å². The first-order valence-electron chi connectivity index (χ1n) is 8.70. The van der Waals surface area contributed by atoms with Crippen molar-refractivity contribution >= 4 is 29.8 Å². The number of nitrogens with zero attached hydrogens (tertiary/aromatic N) is 1. The Balaban J connectivity index is 1.73. The summed E-state index contributed by atoms with van der Waals surface area (Å²) >= 11 is 6.05. The van der Waals surface area contributed by atoms with Crippen LogP contribution in [0.15, 0.2) is 30.5 Å². The molecule has 0 radical (unpaired) electrons. The van der Waals surface area contributed by atoms with Crippen molar-refractivity contribution in [1.82, 2.24) is 15.5 Å². The molecule has 2 N–H and O–H groups in total. The van der Waals surface area contributed by atoms with Crippen LogP contribution in [0.3, 0.4) is 0 Å². The van der Waals surface area contributed by atoms with Gasteiger partial charge >= 0.3 is 12.1 Å². The summed E-state index contributed by atoms with van der Waals surface area (Å²) in [6, 6.07) is 7.14. The van der Waals surface area contributed by atoms with Gasteiger partial charge in [-0.1, -0.05) is 29.8 Å². The van der Waals surface area contributed by atoms with Gasteiger partial charge in [0, 0.05) is 30.4 Å². The van der Waals surface area contributed by atoms with Gasteiger partial charge in [-0.15, -0.1) is 0 Å². The molecule has 1 aromatic carbocycles. The van der Waals surface area contributed by atoms with E-state index in [1.807, 2.05) is 39.0 Å². The van der Waals surface area contributed by atoms with Crippen molar-refractivity contribution in [1.29, 1.82) is 0 Å². The Bertz CT molecular complexity index is 662. The zero-order valence-corrected chi connectivity index (χ0v) is 16.2. The number of rotatable bonds is 3. The van der Waals surface area contributed by atoms with E-state index in [1.54, 1.807) is 23.2 Å². The molecule has 2 rings (SSSR count). The molecule has 0 aromatic heterocycles. The van der Waals surface area contributed by atoms with E-state index in [-0.39, 0.29) is 18.2 Å². The largest absolute Gasteiger partial charge is 0.444 e. The van der Waals surface area contributed by atoms with Gasteiger partial charge in [0.25, 0.3) is 0 Å². The molecule has 1 aromatic rings. The standard InChI is InChI=1S/C19H26ClN3O3/c1-19(2,3)26-18(25)23-12-9-15(10-13-23)22-17(24)21-11-8-14-6-4-5-7-16(14)20/h4-8,11,15H,9-10,12-13H2,1-3H3,(H2,21,22,24)/b11-8+. The first-order valence-corrected chi connectivity index (χ1v) is 9.08. The van der Waals surface area contributed by atoms with Crippen LogP contribution in [0, 0.1) is 0 Å². The highest BCUT2D eigenvalue weighted by molar-refractivity contribution is 6.32. The topological polar surface area (TPSA) is 70.7 Å². The number of likely N-dealkylation sites (tertiary alicyclic amines) is 1. The fraction of sp³-hybridized carbons (Fsp3) is 0.474. The Morgan fingerprint density at radius 3 is 2.50 bits per heavy atom. The Hall–Kier alpha value is -2.21. The first-order chi connectivity index (χ1) is 12.2. The van der Waals surface area contributed by atoms with Gasteiger partial charge in [0.05, 0.1) is 0 Å². The molecule has 1 aliphatic rings. The number of carbonyl (C=O) groups excluding carboxylic acids is 2. The van der Waals surface area contributed by atoms with Crippen molar-refractivity contribution in [3.63, 3.8) is 0 Å². The summed E-state index contributed by atoms with van der Waals surface area (Å²) < 4.78 is 5.37. The van der Waals surface area contributed by atoms with Gasteiger partial charge in [-0.2, -0.15) is 0 Å².